The lowest BCUT2D eigenvalue weighted by atomic mass is 9.91. The van der Waals surface area contributed by atoms with E-state index in [0.717, 1.165) is 17.7 Å². The van der Waals surface area contributed by atoms with Gasteiger partial charge in [-0.15, -0.1) is 0 Å². The molecule has 0 aliphatic carbocycles. The first-order chi connectivity index (χ1) is 27.0. The molecule has 5 atom stereocenters. The van der Waals surface area contributed by atoms with E-state index in [1.54, 1.807) is 11.8 Å². The van der Waals surface area contributed by atoms with Crippen molar-refractivity contribution in [1.82, 2.24) is 45.3 Å². The first-order valence-electron chi connectivity index (χ1n) is 19.4. The van der Waals surface area contributed by atoms with Gasteiger partial charge in [0.05, 0.1) is 6.33 Å². The van der Waals surface area contributed by atoms with Crippen molar-refractivity contribution in [2.24, 2.45) is 0 Å². The second kappa shape index (κ2) is 18.2. The number of imidazole rings is 1. The van der Waals surface area contributed by atoms with Crippen molar-refractivity contribution in [3.8, 4) is 0 Å². The zero-order valence-corrected chi connectivity index (χ0v) is 32.6. The maximum Gasteiger partial charge on any atom is 0.315 e. The Hall–Kier alpha value is -5.16. The molecule has 2 aromatic carbocycles. The Morgan fingerprint density at radius 3 is 2.21 bits per heavy atom. The number of likely N-dealkylation sites (N-methyl/N-ethyl adjacent to an activating group) is 1. The topological polar surface area (TPSA) is 199 Å². The van der Waals surface area contributed by atoms with E-state index in [1.165, 1.54) is 10.9 Å². The van der Waals surface area contributed by atoms with Crippen molar-refractivity contribution in [3.63, 3.8) is 0 Å². The Balaban J connectivity index is 1.25. The zero-order valence-electron chi connectivity index (χ0n) is 32.6. The molecule has 0 saturated carbocycles. The molecule has 0 radical (unpaired) electrons. The van der Waals surface area contributed by atoms with Gasteiger partial charge in [-0.05, 0) is 52.2 Å². The minimum absolute atomic E-state index is 0.0907. The molecule has 0 bridgehead atoms. The molecule has 0 spiro atoms. The summed E-state index contributed by atoms with van der Waals surface area (Å²) in [6.07, 6.45) is -3.64. The van der Waals surface area contributed by atoms with Crippen LogP contribution in [0, 0.1) is 0 Å². The summed E-state index contributed by atoms with van der Waals surface area (Å²) in [6, 6.07) is 20.2. The van der Waals surface area contributed by atoms with Crippen LogP contribution in [-0.4, -0.2) is 133 Å². The van der Waals surface area contributed by atoms with Gasteiger partial charge in [0.15, 0.2) is 29.3 Å². The monoisotopic (exact) mass is 770 g/mol. The van der Waals surface area contributed by atoms with Crippen LogP contribution in [0.5, 0.6) is 0 Å². The number of aliphatic hydroxyl groups is 2. The van der Waals surface area contributed by atoms with E-state index < -0.39 is 36.4 Å². The highest BCUT2D eigenvalue weighted by Crippen LogP contribution is 2.33. The van der Waals surface area contributed by atoms with Gasteiger partial charge in [-0.2, -0.15) is 0 Å². The van der Waals surface area contributed by atoms with Gasteiger partial charge >= 0.3 is 6.03 Å². The number of aliphatic hydroxyl groups excluding tert-OH is 2. The van der Waals surface area contributed by atoms with Crippen molar-refractivity contribution in [2.45, 2.75) is 89.6 Å². The predicted molar refractivity (Wildman–Crippen MR) is 211 cm³/mol. The van der Waals surface area contributed by atoms with Crippen molar-refractivity contribution in [1.29, 1.82) is 0 Å². The van der Waals surface area contributed by atoms with Gasteiger partial charge in [0.1, 0.15) is 12.2 Å². The van der Waals surface area contributed by atoms with Crippen LogP contribution in [0.2, 0.25) is 0 Å². The molecule has 4 heterocycles. The highest BCUT2D eigenvalue weighted by Gasteiger charge is 2.48. The number of carbonyl (C=O) groups excluding carboxylic acids is 3. The van der Waals surface area contributed by atoms with E-state index in [9.17, 15) is 24.6 Å². The zero-order chi connectivity index (χ0) is 39.9. The third-order valence-electron chi connectivity index (χ3n) is 10.4. The molecule has 2 saturated heterocycles. The first-order valence-corrected chi connectivity index (χ1v) is 19.4. The fourth-order valence-corrected chi connectivity index (χ4v) is 7.55. The quantitative estimate of drug-likeness (QED) is 0.104. The summed E-state index contributed by atoms with van der Waals surface area (Å²) in [5.41, 5.74) is 2.62. The predicted octanol–water partition coefficient (Wildman–Crippen LogP) is 2.46. The third kappa shape index (κ3) is 9.10. The lowest BCUT2D eigenvalue weighted by molar-refractivity contribution is -0.137. The minimum atomic E-state index is -1.52. The summed E-state index contributed by atoms with van der Waals surface area (Å²) < 4.78 is 7.32. The summed E-state index contributed by atoms with van der Waals surface area (Å²) in [6.45, 7) is 12.8. The van der Waals surface area contributed by atoms with Gasteiger partial charge in [0.2, 0.25) is 5.82 Å². The number of amides is 4. The number of hydrogen-bond acceptors (Lipinski definition) is 11. The highest BCUT2D eigenvalue weighted by molar-refractivity contribution is 5.95. The van der Waals surface area contributed by atoms with Gasteiger partial charge in [0.25, 0.3) is 11.8 Å². The van der Waals surface area contributed by atoms with Crippen LogP contribution in [0.3, 0.4) is 0 Å². The van der Waals surface area contributed by atoms with Crippen LogP contribution in [0.25, 0.3) is 11.2 Å². The lowest BCUT2D eigenvalue weighted by Gasteiger charge is -2.30. The molecule has 4 amide bonds. The van der Waals surface area contributed by atoms with E-state index in [2.05, 4.69) is 88.1 Å². The Morgan fingerprint density at radius 2 is 1.59 bits per heavy atom. The summed E-state index contributed by atoms with van der Waals surface area (Å²) in [4.78, 5) is 57.5. The summed E-state index contributed by atoms with van der Waals surface area (Å²) in [5.74, 6) is -0.948. The number of benzene rings is 2. The highest BCUT2D eigenvalue weighted by atomic mass is 16.6. The maximum absolute atomic E-state index is 14.2. The minimum Gasteiger partial charge on any atom is -0.387 e. The Bertz CT molecular complexity index is 1900. The number of hydrogen-bond donors (Lipinski definition) is 6. The number of likely N-dealkylation sites (tertiary alicyclic amines) is 1. The molecule has 4 aromatic rings. The summed E-state index contributed by atoms with van der Waals surface area (Å²) in [7, 11) is 0. The standard InChI is InChI=1S/C40H54N10O6/c1-6-41-37(53)33-31(51)32(52)39(56-33)50-23-44-30-34(43-21-29(26-13-9-7-10-14-26)27-15-11-8-12-16-27)46-35(47-36(30)50)38(54)48-19-17-28(22-48)45-40(55)42-18-20-49(24(2)3)25(4)5/h7-16,23-25,28-29,31-33,39,51-52H,6,17-22H2,1-5H3,(H,41,53)(H2,42,45,55)(H,43,46,47)/t28-,31-,32+,33-,39+/m1/s1. The summed E-state index contributed by atoms with van der Waals surface area (Å²) >= 11 is 0. The van der Waals surface area contributed by atoms with Gasteiger partial charge in [0, 0.05) is 63.3 Å². The Labute approximate surface area is 327 Å². The molecular weight excluding hydrogens is 717 g/mol. The van der Waals surface area contributed by atoms with Gasteiger partial charge in [-0.1, -0.05) is 60.7 Å². The van der Waals surface area contributed by atoms with E-state index in [0.29, 0.717) is 50.2 Å². The molecule has 6 N–H and O–H groups in total. The number of fused-ring (bicyclic) bond motifs is 1. The molecule has 2 aromatic heterocycles. The van der Waals surface area contributed by atoms with Crippen LogP contribution < -0.4 is 21.3 Å². The van der Waals surface area contributed by atoms with Gasteiger partial charge in [-0.25, -0.2) is 19.7 Å². The number of carbonyl (C=O) groups is 3. The van der Waals surface area contributed by atoms with Crippen LogP contribution in [0.15, 0.2) is 67.0 Å². The van der Waals surface area contributed by atoms with Gasteiger partial charge < -0.3 is 41.1 Å². The lowest BCUT2D eigenvalue weighted by Crippen LogP contribution is -2.47. The SMILES string of the molecule is CCNC(=O)[C@@H]1O[C@H](n2cnc3c(NCC(c4ccccc4)c4ccccc4)nc(C(=O)N4CC[C@@H](NC(=O)NCCN(C(C)C)C(C)C)C4)nc32)[C@@H](O)[C@H]1O. The largest absolute Gasteiger partial charge is 0.387 e. The average Bonchev–Trinajstić information content (AvgIpc) is 3.91. The van der Waals surface area contributed by atoms with E-state index in [-0.39, 0.29) is 41.8 Å². The molecule has 16 nitrogen and oxygen atoms in total. The van der Waals surface area contributed by atoms with E-state index >= 15 is 0 Å². The molecule has 2 aliphatic rings. The van der Waals surface area contributed by atoms with E-state index in [4.69, 9.17) is 9.72 Å². The molecule has 300 valence electrons. The number of rotatable bonds is 15. The van der Waals surface area contributed by atoms with E-state index in [1.807, 2.05) is 36.4 Å². The molecule has 6 rings (SSSR count). The molecule has 2 fully saturated rings. The number of aromatic nitrogens is 4. The van der Waals surface area contributed by atoms with Gasteiger partial charge in [-0.3, -0.25) is 19.1 Å². The van der Waals surface area contributed by atoms with Crippen molar-refractivity contribution >= 4 is 34.8 Å². The summed E-state index contributed by atoms with van der Waals surface area (Å²) in [5, 5.41) is 33.9. The van der Waals surface area contributed by atoms with Crippen LogP contribution in [0.1, 0.15) is 74.9 Å². The fraction of sp³-hybridized carbons (Fsp3) is 0.500. The second-order valence-electron chi connectivity index (χ2n) is 14.9. The van der Waals surface area contributed by atoms with Crippen LogP contribution in [-0.2, 0) is 9.53 Å². The normalized spacial score (nSPS) is 21.1. The molecule has 56 heavy (non-hydrogen) atoms. The van der Waals surface area contributed by atoms with Crippen LogP contribution in [0.4, 0.5) is 10.6 Å². The van der Waals surface area contributed by atoms with Crippen molar-refractivity contribution < 1.29 is 29.3 Å². The number of anilines is 1. The number of nitrogens with zero attached hydrogens (tertiary/aromatic N) is 6. The smallest absolute Gasteiger partial charge is 0.315 e. The molecular formula is C40H54N10O6. The maximum atomic E-state index is 14.2. The average molecular weight is 771 g/mol. The number of urea groups is 1. The second-order valence-corrected chi connectivity index (χ2v) is 14.9. The number of nitrogens with one attached hydrogen (secondary N) is 4. The molecule has 2 aliphatic heterocycles. The molecule has 0 unspecified atom stereocenters. The van der Waals surface area contributed by atoms with Crippen molar-refractivity contribution in [2.75, 3.05) is 44.6 Å². The Morgan fingerprint density at radius 1 is 0.929 bits per heavy atom. The van der Waals surface area contributed by atoms with Crippen LogP contribution >= 0.6 is 0 Å². The Kier molecular flexibility index (Phi) is 13.2. The van der Waals surface area contributed by atoms with Crippen molar-refractivity contribution in [3.05, 3.63) is 83.9 Å². The third-order valence-corrected chi connectivity index (χ3v) is 10.4. The fourth-order valence-electron chi connectivity index (χ4n) is 7.55. The number of ether oxygens (including phenoxy) is 1. The molecule has 16 heteroatoms. The first kappa shape index (κ1) is 40.5.